The number of nitrogens with one attached hydrogen (secondary N) is 1. The number of hydrogen-bond acceptors (Lipinski definition) is 10. The number of allylic oxidation sites excluding steroid dienone is 1. The fourth-order valence-corrected chi connectivity index (χ4v) is 7.29. The summed E-state index contributed by atoms with van der Waals surface area (Å²) in [7, 11) is 6.04. The zero-order chi connectivity index (χ0) is 31.8. The van der Waals surface area contributed by atoms with E-state index in [1.165, 1.54) is 40.4 Å². The van der Waals surface area contributed by atoms with E-state index in [9.17, 15) is 24.6 Å². The third-order valence-electron chi connectivity index (χ3n) is 8.78. The van der Waals surface area contributed by atoms with Crippen LogP contribution in [0.15, 0.2) is 27.3 Å². The van der Waals surface area contributed by atoms with Gasteiger partial charge in [0.15, 0.2) is 5.75 Å². The fraction of sp³-hybridized carbons (Fsp3) is 0.324. The number of ketones is 1. The van der Waals surface area contributed by atoms with Crippen molar-refractivity contribution in [2.75, 3.05) is 46.5 Å². The smallest absolute Gasteiger partial charge is 0.232 e. The standard InChI is InChI=1S/C34H34N2O8/c1-8-9-36(13-35-4)31-16-10-14(2)21(15(3)37)30-28-22(16)27-23(32(31)40)17(38)11-19(42-5)25(27)26-20(43-6)12-18(39)24(29(26)28)33(41)34(30)44-7/h10-12,21,35,38-39H,8-9,13H2,1-7H3. The van der Waals surface area contributed by atoms with Crippen LogP contribution in [0.3, 0.4) is 0 Å². The monoisotopic (exact) mass is 598 g/mol. The molecule has 6 rings (SSSR count). The molecule has 0 spiro atoms. The van der Waals surface area contributed by atoms with Crippen LogP contribution in [0.2, 0.25) is 0 Å². The molecule has 0 aliphatic heterocycles. The second-order valence-electron chi connectivity index (χ2n) is 11.3. The number of ether oxygens (including phenoxy) is 3. The topological polar surface area (TPSA) is 135 Å². The van der Waals surface area contributed by atoms with E-state index in [1.807, 2.05) is 17.9 Å². The summed E-state index contributed by atoms with van der Waals surface area (Å²) < 4.78 is 17.3. The lowest BCUT2D eigenvalue weighted by Gasteiger charge is -2.28. The molecular formula is C34H34N2O8. The van der Waals surface area contributed by atoms with Gasteiger partial charge in [0, 0.05) is 56.7 Å². The van der Waals surface area contributed by atoms with Crippen LogP contribution in [0.25, 0.3) is 49.2 Å². The molecule has 1 unspecified atom stereocenters. The second-order valence-corrected chi connectivity index (χ2v) is 11.3. The molecule has 0 bridgehead atoms. The molecule has 10 heteroatoms. The molecule has 0 saturated carbocycles. The number of Topliss-reactive ketones (excluding diaryl/α,β-unsaturated/α-hetero) is 1. The van der Waals surface area contributed by atoms with E-state index in [4.69, 9.17) is 14.2 Å². The number of aromatic hydroxyl groups is 2. The number of methoxy groups -OCH3 is 3. The van der Waals surface area contributed by atoms with Gasteiger partial charge < -0.3 is 34.6 Å². The summed E-state index contributed by atoms with van der Waals surface area (Å²) in [5, 5.41) is 28.6. The van der Waals surface area contributed by atoms with Crippen molar-refractivity contribution in [3.63, 3.8) is 0 Å². The van der Waals surface area contributed by atoms with E-state index >= 15 is 0 Å². The van der Waals surface area contributed by atoms with Crippen molar-refractivity contribution < 1.29 is 29.2 Å². The maximum atomic E-state index is 14.6. The highest BCUT2D eigenvalue weighted by molar-refractivity contribution is 6.39. The molecule has 1 aliphatic carbocycles. The van der Waals surface area contributed by atoms with Gasteiger partial charge in [0.05, 0.1) is 50.4 Å². The van der Waals surface area contributed by atoms with Crippen molar-refractivity contribution in [3.8, 4) is 28.7 Å². The zero-order valence-corrected chi connectivity index (χ0v) is 25.7. The molecule has 0 fully saturated rings. The van der Waals surface area contributed by atoms with Crippen LogP contribution in [0.5, 0.6) is 28.7 Å². The molecule has 10 nitrogen and oxygen atoms in total. The van der Waals surface area contributed by atoms with Crippen LogP contribution in [0.4, 0.5) is 5.69 Å². The van der Waals surface area contributed by atoms with Gasteiger partial charge in [-0.15, -0.1) is 0 Å². The molecule has 1 atom stereocenters. The predicted molar refractivity (Wildman–Crippen MR) is 173 cm³/mol. The molecule has 228 valence electrons. The first-order valence-electron chi connectivity index (χ1n) is 14.4. The molecule has 5 aromatic carbocycles. The van der Waals surface area contributed by atoms with E-state index in [1.54, 1.807) is 14.0 Å². The van der Waals surface area contributed by atoms with E-state index in [0.717, 1.165) is 6.42 Å². The summed E-state index contributed by atoms with van der Waals surface area (Å²) in [5.41, 5.74) is 0.871. The van der Waals surface area contributed by atoms with Gasteiger partial charge in [0.2, 0.25) is 10.9 Å². The van der Waals surface area contributed by atoms with E-state index < -0.39 is 11.3 Å². The largest absolute Gasteiger partial charge is 0.507 e. The summed E-state index contributed by atoms with van der Waals surface area (Å²) in [5.74, 6) is -1.30. The minimum atomic E-state index is -0.895. The van der Waals surface area contributed by atoms with Crippen molar-refractivity contribution in [1.29, 1.82) is 0 Å². The summed E-state index contributed by atoms with van der Waals surface area (Å²) >= 11 is 0. The lowest BCUT2D eigenvalue weighted by Crippen LogP contribution is -2.36. The Bertz CT molecular complexity index is 2170. The van der Waals surface area contributed by atoms with Crippen LogP contribution in [-0.2, 0) is 4.79 Å². The maximum absolute atomic E-state index is 14.6. The Labute approximate surface area is 252 Å². The number of hydrogen-bond donors (Lipinski definition) is 3. The van der Waals surface area contributed by atoms with Gasteiger partial charge >= 0.3 is 0 Å². The minimum absolute atomic E-state index is 0.00785. The Hall–Kier alpha value is -4.83. The summed E-state index contributed by atoms with van der Waals surface area (Å²) in [6, 6.07) is 2.74. The molecule has 0 saturated heterocycles. The number of rotatable bonds is 9. The summed E-state index contributed by atoms with van der Waals surface area (Å²) in [6.45, 7) is 6.12. The van der Waals surface area contributed by atoms with Crippen LogP contribution < -0.4 is 35.3 Å². The first kappa shape index (κ1) is 29.3. The lowest BCUT2D eigenvalue weighted by molar-refractivity contribution is -0.117. The number of nitrogens with zero attached hydrogens (tertiary/aromatic N) is 1. The Balaban J connectivity index is 2.14. The van der Waals surface area contributed by atoms with Gasteiger partial charge in [-0.1, -0.05) is 18.6 Å². The number of carbonyl (C=O) groups excluding carboxylic acids is 1. The van der Waals surface area contributed by atoms with Gasteiger partial charge in [-0.05, 0) is 32.7 Å². The number of fused-ring (bicyclic) bond motifs is 1. The molecule has 0 radical (unpaired) electrons. The van der Waals surface area contributed by atoms with Crippen molar-refractivity contribution >= 4 is 60.6 Å². The predicted octanol–water partition coefficient (Wildman–Crippen LogP) is 4.82. The van der Waals surface area contributed by atoms with Crippen LogP contribution >= 0.6 is 0 Å². The SMILES string of the molecule is CCCN(CNC)c1c2c3c4c(c(OC)c(=O)c5c(O)cc(OC)c(c6c(OC)cc(O)c(c1=O)c63)c54)C(C(C)=O)C(C)=C2. The second kappa shape index (κ2) is 10.4. The Kier molecular flexibility index (Phi) is 6.92. The molecule has 0 aromatic heterocycles. The van der Waals surface area contributed by atoms with Crippen molar-refractivity contribution in [1.82, 2.24) is 5.32 Å². The van der Waals surface area contributed by atoms with Gasteiger partial charge in [0.25, 0.3) is 0 Å². The van der Waals surface area contributed by atoms with E-state index in [0.29, 0.717) is 67.9 Å². The van der Waals surface area contributed by atoms with E-state index in [2.05, 4.69) is 5.32 Å². The van der Waals surface area contributed by atoms with Gasteiger partial charge in [-0.3, -0.25) is 14.4 Å². The number of phenols is 2. The fourth-order valence-electron chi connectivity index (χ4n) is 7.29. The van der Waals surface area contributed by atoms with E-state index in [-0.39, 0.29) is 50.7 Å². The number of carbonyl (C=O) groups is 1. The first-order chi connectivity index (χ1) is 21.1. The quantitative estimate of drug-likeness (QED) is 0.123. The van der Waals surface area contributed by atoms with Crippen molar-refractivity contribution in [2.45, 2.75) is 33.1 Å². The van der Waals surface area contributed by atoms with Crippen LogP contribution in [-0.4, -0.2) is 57.6 Å². The average molecular weight is 599 g/mol. The van der Waals surface area contributed by atoms with Gasteiger partial charge in [-0.25, -0.2) is 0 Å². The van der Waals surface area contributed by atoms with Crippen LogP contribution in [0, 0.1) is 0 Å². The zero-order valence-electron chi connectivity index (χ0n) is 25.7. The minimum Gasteiger partial charge on any atom is -0.507 e. The average Bonchev–Trinajstić information content (AvgIpc) is 3.11. The van der Waals surface area contributed by atoms with Gasteiger partial charge in [0.1, 0.15) is 28.8 Å². The van der Waals surface area contributed by atoms with Crippen molar-refractivity contribution in [2.24, 2.45) is 0 Å². The Morgan fingerprint density at radius 3 is 1.93 bits per heavy atom. The maximum Gasteiger partial charge on any atom is 0.232 e. The lowest BCUT2D eigenvalue weighted by atomic mass is 9.80. The van der Waals surface area contributed by atoms with Gasteiger partial charge in [-0.2, -0.15) is 0 Å². The Morgan fingerprint density at radius 1 is 0.864 bits per heavy atom. The third-order valence-corrected chi connectivity index (χ3v) is 8.78. The highest BCUT2D eigenvalue weighted by Crippen LogP contribution is 2.56. The summed E-state index contributed by atoms with van der Waals surface area (Å²) in [6.07, 6.45) is 2.56. The molecule has 5 aromatic rings. The molecular weight excluding hydrogens is 564 g/mol. The van der Waals surface area contributed by atoms with Crippen molar-refractivity contribution in [3.05, 3.63) is 49.3 Å². The normalized spacial score (nSPS) is 14.5. The molecule has 1 aliphatic rings. The molecule has 44 heavy (non-hydrogen) atoms. The number of phenolic OH excluding ortho intramolecular Hbond substituents is 2. The first-order valence-corrected chi connectivity index (χ1v) is 14.4. The highest BCUT2D eigenvalue weighted by atomic mass is 16.5. The molecule has 0 amide bonds. The third kappa shape index (κ3) is 3.67. The molecule has 3 N–H and O–H groups in total. The van der Waals surface area contributed by atoms with Crippen LogP contribution in [0.1, 0.15) is 44.2 Å². The number of benzene rings is 5. The Morgan fingerprint density at radius 2 is 1.43 bits per heavy atom. The molecule has 0 heterocycles. The number of anilines is 1. The highest BCUT2D eigenvalue weighted by Gasteiger charge is 2.37. The summed E-state index contributed by atoms with van der Waals surface area (Å²) in [4.78, 5) is 44.2.